The first-order valence-corrected chi connectivity index (χ1v) is 12.1. The summed E-state index contributed by atoms with van der Waals surface area (Å²) >= 11 is 1.45. The lowest BCUT2D eigenvalue weighted by Gasteiger charge is -2.05. The first-order valence-electron chi connectivity index (χ1n) is 9.64. The summed E-state index contributed by atoms with van der Waals surface area (Å²) in [7, 11) is -3.37. The largest absolute Gasteiger partial charge is 0.302 e. The molecule has 1 aliphatic rings. The fourth-order valence-electron chi connectivity index (χ4n) is 3.82. The summed E-state index contributed by atoms with van der Waals surface area (Å²) < 4.78 is 24.7. The molecular formula is C23H18N2O3S2. The molecule has 0 saturated carbocycles. The molecule has 5 nitrogen and oxygen atoms in total. The lowest BCUT2D eigenvalue weighted by atomic mass is 10.0. The highest BCUT2D eigenvalue weighted by atomic mass is 32.2. The molecule has 3 aromatic carbocycles. The van der Waals surface area contributed by atoms with Crippen LogP contribution in [0.3, 0.4) is 0 Å². The first kappa shape index (κ1) is 19.0. The number of carbonyl (C=O) groups excluding carboxylic acids is 1. The van der Waals surface area contributed by atoms with Crippen molar-refractivity contribution in [3.8, 4) is 21.7 Å². The van der Waals surface area contributed by atoms with Crippen LogP contribution in [0.5, 0.6) is 0 Å². The van der Waals surface area contributed by atoms with Crippen LogP contribution >= 0.6 is 11.3 Å². The molecule has 0 spiro atoms. The zero-order chi connectivity index (χ0) is 20.7. The fraction of sp³-hybridized carbons (Fsp3) is 0.130. The lowest BCUT2D eigenvalue weighted by molar-refractivity contribution is -0.116. The van der Waals surface area contributed by atoms with Gasteiger partial charge in [-0.1, -0.05) is 65.9 Å². The number of fused-ring (bicyclic) bond motifs is 3. The van der Waals surface area contributed by atoms with E-state index < -0.39 is 9.84 Å². The summed E-state index contributed by atoms with van der Waals surface area (Å²) in [4.78, 5) is 18.3. The highest BCUT2D eigenvalue weighted by molar-refractivity contribution is 7.91. The van der Waals surface area contributed by atoms with E-state index in [4.69, 9.17) is 0 Å². The second-order valence-electron chi connectivity index (χ2n) is 7.19. The van der Waals surface area contributed by atoms with Crippen LogP contribution in [0.15, 0.2) is 71.6 Å². The van der Waals surface area contributed by atoms with E-state index in [1.807, 2.05) is 12.1 Å². The predicted molar refractivity (Wildman–Crippen MR) is 120 cm³/mol. The van der Waals surface area contributed by atoms with Gasteiger partial charge in [0.1, 0.15) is 0 Å². The van der Waals surface area contributed by atoms with Gasteiger partial charge in [0.05, 0.1) is 21.2 Å². The van der Waals surface area contributed by atoms with E-state index in [2.05, 4.69) is 34.6 Å². The van der Waals surface area contributed by atoms with E-state index in [1.165, 1.54) is 22.1 Å². The topological polar surface area (TPSA) is 76.1 Å². The minimum atomic E-state index is -3.37. The zero-order valence-corrected chi connectivity index (χ0v) is 17.6. The standard InChI is InChI=1S/C23H18N2O3S2/c26-19(13-6-14-30(27,28)16-9-2-1-3-10-16)24-23-25-21-17-11-4-7-15-8-5-12-18(20(15)17)22(21)29-23/h1-5,7-12H,6,13-14H2,(H,24,25,26). The number of benzene rings is 3. The van der Waals surface area contributed by atoms with Crippen molar-refractivity contribution in [1.29, 1.82) is 0 Å². The molecule has 0 radical (unpaired) electrons. The van der Waals surface area contributed by atoms with Crippen molar-refractivity contribution in [2.45, 2.75) is 17.7 Å². The molecule has 1 aromatic heterocycles. The van der Waals surface area contributed by atoms with E-state index in [0.717, 1.165) is 21.7 Å². The minimum absolute atomic E-state index is 0.0613. The van der Waals surface area contributed by atoms with Crippen LogP contribution in [-0.4, -0.2) is 25.1 Å². The van der Waals surface area contributed by atoms with Crippen molar-refractivity contribution >= 4 is 43.0 Å². The molecule has 1 N–H and O–H groups in total. The molecule has 0 aliphatic heterocycles. The average molecular weight is 435 g/mol. The lowest BCUT2D eigenvalue weighted by Crippen LogP contribution is -2.14. The van der Waals surface area contributed by atoms with Crippen molar-refractivity contribution in [3.63, 3.8) is 0 Å². The van der Waals surface area contributed by atoms with Gasteiger partial charge < -0.3 is 5.32 Å². The van der Waals surface area contributed by atoms with E-state index in [1.54, 1.807) is 30.3 Å². The Balaban J connectivity index is 1.26. The Morgan fingerprint density at radius 1 is 0.933 bits per heavy atom. The average Bonchev–Trinajstić information content (AvgIpc) is 3.28. The van der Waals surface area contributed by atoms with E-state index in [-0.39, 0.29) is 29.4 Å². The van der Waals surface area contributed by atoms with Gasteiger partial charge in [-0.15, -0.1) is 0 Å². The molecule has 0 fully saturated rings. The Morgan fingerprint density at radius 3 is 2.43 bits per heavy atom. The van der Waals surface area contributed by atoms with Crippen LogP contribution in [0.2, 0.25) is 0 Å². The van der Waals surface area contributed by atoms with E-state index >= 15 is 0 Å². The van der Waals surface area contributed by atoms with Gasteiger partial charge in [0, 0.05) is 17.5 Å². The van der Waals surface area contributed by atoms with Crippen LogP contribution in [0.25, 0.3) is 32.5 Å². The first-order chi connectivity index (χ1) is 14.5. The Hall–Kier alpha value is -3.03. The smallest absolute Gasteiger partial charge is 0.226 e. The molecule has 0 atom stereocenters. The highest BCUT2D eigenvalue weighted by Crippen LogP contribution is 2.50. The fourth-order valence-corrected chi connectivity index (χ4v) is 6.18. The summed E-state index contributed by atoms with van der Waals surface area (Å²) in [6, 6.07) is 20.7. The third-order valence-electron chi connectivity index (χ3n) is 5.20. The number of nitrogens with zero attached hydrogens (tertiary/aromatic N) is 1. The maximum Gasteiger partial charge on any atom is 0.226 e. The second kappa shape index (κ2) is 7.34. The van der Waals surface area contributed by atoms with Crippen molar-refractivity contribution in [3.05, 3.63) is 66.7 Å². The third kappa shape index (κ3) is 3.30. The molecule has 0 unspecified atom stereocenters. The van der Waals surface area contributed by atoms with Gasteiger partial charge in [0.2, 0.25) is 5.91 Å². The molecule has 1 amide bonds. The van der Waals surface area contributed by atoms with Crippen molar-refractivity contribution in [2.75, 3.05) is 11.1 Å². The van der Waals surface area contributed by atoms with Gasteiger partial charge in [-0.3, -0.25) is 4.79 Å². The number of nitrogens with one attached hydrogen (secondary N) is 1. The summed E-state index contributed by atoms with van der Waals surface area (Å²) in [6.45, 7) is 0. The number of sulfone groups is 1. The highest BCUT2D eigenvalue weighted by Gasteiger charge is 2.26. The molecule has 0 saturated heterocycles. The second-order valence-corrected chi connectivity index (χ2v) is 10.3. The zero-order valence-electron chi connectivity index (χ0n) is 16.0. The molecule has 4 aromatic rings. The molecule has 1 aliphatic carbocycles. The van der Waals surface area contributed by atoms with Crippen molar-refractivity contribution in [1.82, 2.24) is 4.98 Å². The SMILES string of the molecule is O=C(CCCS(=O)(=O)c1ccccc1)Nc1nc2c(s1)-c1cccc3cccc-2c13. The number of amides is 1. The number of anilines is 1. The number of rotatable bonds is 6. The van der Waals surface area contributed by atoms with Crippen LogP contribution in [0.1, 0.15) is 12.8 Å². The van der Waals surface area contributed by atoms with Crippen LogP contribution in [-0.2, 0) is 14.6 Å². The van der Waals surface area contributed by atoms with Gasteiger partial charge in [-0.05, 0) is 29.3 Å². The monoisotopic (exact) mass is 434 g/mol. The normalized spacial score (nSPS) is 12.1. The summed E-state index contributed by atoms with van der Waals surface area (Å²) in [6.07, 6.45) is 0.388. The molecule has 0 bridgehead atoms. The number of hydrogen-bond donors (Lipinski definition) is 1. The minimum Gasteiger partial charge on any atom is -0.302 e. The summed E-state index contributed by atoms with van der Waals surface area (Å²) in [5, 5.41) is 5.76. The Bertz CT molecular complexity index is 1320. The predicted octanol–water partition coefficient (Wildman–Crippen LogP) is 5.14. The van der Waals surface area contributed by atoms with E-state index in [0.29, 0.717) is 5.13 Å². The van der Waals surface area contributed by atoms with Gasteiger partial charge >= 0.3 is 0 Å². The number of carbonyl (C=O) groups is 1. The maximum absolute atomic E-state index is 12.4. The van der Waals surface area contributed by atoms with Gasteiger partial charge in [-0.2, -0.15) is 0 Å². The Morgan fingerprint density at radius 2 is 1.67 bits per heavy atom. The van der Waals surface area contributed by atoms with Crippen molar-refractivity contribution < 1.29 is 13.2 Å². The quantitative estimate of drug-likeness (QED) is 0.402. The summed E-state index contributed by atoms with van der Waals surface area (Å²) in [5.74, 6) is -0.286. The Labute approximate surface area is 178 Å². The van der Waals surface area contributed by atoms with Crippen LogP contribution < -0.4 is 5.32 Å². The molecular weight excluding hydrogens is 416 g/mol. The molecule has 150 valence electrons. The van der Waals surface area contributed by atoms with Gasteiger partial charge in [0.25, 0.3) is 0 Å². The molecule has 1 heterocycles. The number of aromatic nitrogens is 1. The van der Waals surface area contributed by atoms with Crippen molar-refractivity contribution in [2.24, 2.45) is 0 Å². The maximum atomic E-state index is 12.4. The van der Waals surface area contributed by atoms with Gasteiger partial charge in [0.15, 0.2) is 15.0 Å². The molecule has 30 heavy (non-hydrogen) atoms. The summed E-state index contributed by atoms with van der Waals surface area (Å²) in [5.41, 5.74) is 3.13. The van der Waals surface area contributed by atoms with Crippen LogP contribution in [0, 0.1) is 0 Å². The third-order valence-corrected chi connectivity index (χ3v) is 8.02. The molecule has 5 rings (SSSR count). The van der Waals surface area contributed by atoms with Crippen LogP contribution in [0.4, 0.5) is 5.13 Å². The molecule has 7 heteroatoms. The van der Waals surface area contributed by atoms with Gasteiger partial charge in [-0.25, -0.2) is 13.4 Å². The Kier molecular flexibility index (Phi) is 4.64. The van der Waals surface area contributed by atoms with E-state index in [9.17, 15) is 13.2 Å². The number of hydrogen-bond acceptors (Lipinski definition) is 5. The number of thiazole rings is 1.